The predicted molar refractivity (Wildman–Crippen MR) is 142 cm³/mol. The summed E-state index contributed by atoms with van der Waals surface area (Å²) in [5.41, 5.74) is 4.62. The quantitative estimate of drug-likeness (QED) is 0.391. The van der Waals surface area contributed by atoms with Gasteiger partial charge in [0.1, 0.15) is 5.76 Å². The van der Waals surface area contributed by atoms with Gasteiger partial charge in [-0.05, 0) is 56.2 Å². The first-order chi connectivity index (χ1) is 17.4. The molecule has 2 aromatic carbocycles. The summed E-state index contributed by atoms with van der Waals surface area (Å²) in [7, 11) is 0. The van der Waals surface area contributed by atoms with E-state index in [-0.39, 0.29) is 17.6 Å². The molecule has 0 radical (unpaired) electrons. The molecule has 1 aliphatic heterocycles. The van der Waals surface area contributed by atoms with Gasteiger partial charge in [0.05, 0.1) is 40.2 Å². The lowest BCUT2D eigenvalue weighted by molar-refractivity contribution is -0.114. The molecule has 0 spiro atoms. The van der Waals surface area contributed by atoms with Crippen LogP contribution in [-0.2, 0) is 9.59 Å². The largest absolute Gasteiger partial charge is 0.468 e. The minimum atomic E-state index is -0.711. The van der Waals surface area contributed by atoms with Gasteiger partial charge in [-0.1, -0.05) is 48.2 Å². The molecule has 0 saturated heterocycles. The highest BCUT2D eigenvalue weighted by Crippen LogP contribution is 2.41. The summed E-state index contributed by atoms with van der Waals surface area (Å²) in [6.07, 6.45) is 1.51. The standard InChI is InChI=1S/C28H26N4O3S/c1-17-9-4-6-11-21(17)31-24(33)16-36-28-20(15-29)26(23-13-8-14-35-23)25(19(3)30-28)27(34)32-22-12-7-5-10-18(22)2/h4-14,26,30H,16H2,1-3H3,(H,31,33)(H,32,34)/t26-/m0/s1. The number of anilines is 2. The van der Waals surface area contributed by atoms with Gasteiger partial charge >= 0.3 is 0 Å². The van der Waals surface area contributed by atoms with E-state index >= 15 is 0 Å². The summed E-state index contributed by atoms with van der Waals surface area (Å²) in [6, 6.07) is 20.7. The van der Waals surface area contributed by atoms with Crippen molar-refractivity contribution in [2.75, 3.05) is 16.4 Å². The highest BCUT2D eigenvalue weighted by molar-refractivity contribution is 8.03. The van der Waals surface area contributed by atoms with Gasteiger partial charge in [0.15, 0.2) is 0 Å². The van der Waals surface area contributed by atoms with E-state index in [1.807, 2.05) is 62.4 Å². The molecule has 7 nitrogen and oxygen atoms in total. The number of allylic oxidation sites excluding steroid dienone is 2. The summed E-state index contributed by atoms with van der Waals surface area (Å²) in [6.45, 7) is 5.62. The maximum Gasteiger partial charge on any atom is 0.254 e. The monoisotopic (exact) mass is 498 g/mol. The molecule has 0 fully saturated rings. The molecule has 1 aliphatic rings. The summed E-state index contributed by atoms with van der Waals surface area (Å²) in [5, 5.41) is 19.7. The van der Waals surface area contributed by atoms with E-state index in [0.29, 0.717) is 33.3 Å². The van der Waals surface area contributed by atoms with Gasteiger partial charge in [0.25, 0.3) is 5.91 Å². The molecule has 36 heavy (non-hydrogen) atoms. The van der Waals surface area contributed by atoms with Crippen molar-refractivity contribution in [1.29, 1.82) is 5.26 Å². The molecule has 2 heterocycles. The minimum Gasteiger partial charge on any atom is -0.468 e. The lowest BCUT2D eigenvalue weighted by atomic mass is 9.85. The number of nitrogens with one attached hydrogen (secondary N) is 3. The number of hydrogen-bond acceptors (Lipinski definition) is 6. The Labute approximate surface area is 214 Å². The normalized spacial score (nSPS) is 15.2. The first-order valence-corrected chi connectivity index (χ1v) is 12.4. The number of furan rings is 1. The van der Waals surface area contributed by atoms with Gasteiger partial charge in [-0.2, -0.15) is 5.26 Å². The maximum atomic E-state index is 13.5. The highest BCUT2D eigenvalue weighted by atomic mass is 32.2. The van der Waals surface area contributed by atoms with Crippen molar-refractivity contribution in [2.45, 2.75) is 26.7 Å². The molecule has 182 valence electrons. The Hall–Kier alpha value is -4.22. The Bertz CT molecular complexity index is 1400. The number of carbonyl (C=O) groups excluding carboxylic acids is 2. The van der Waals surface area contributed by atoms with Crippen LogP contribution in [0.5, 0.6) is 0 Å². The van der Waals surface area contributed by atoms with Crippen LogP contribution in [0.2, 0.25) is 0 Å². The summed E-state index contributed by atoms with van der Waals surface area (Å²) < 4.78 is 5.66. The van der Waals surface area contributed by atoms with Crippen LogP contribution in [0.25, 0.3) is 0 Å². The molecular weight excluding hydrogens is 472 g/mol. The number of hydrogen-bond donors (Lipinski definition) is 3. The smallest absolute Gasteiger partial charge is 0.254 e. The van der Waals surface area contributed by atoms with Gasteiger partial charge in [-0.3, -0.25) is 9.59 Å². The van der Waals surface area contributed by atoms with E-state index in [4.69, 9.17) is 4.42 Å². The fourth-order valence-electron chi connectivity index (χ4n) is 4.01. The van der Waals surface area contributed by atoms with E-state index in [0.717, 1.165) is 16.8 Å². The molecule has 0 saturated carbocycles. The summed E-state index contributed by atoms with van der Waals surface area (Å²) in [5.74, 6) is -0.669. The average Bonchev–Trinajstić information content (AvgIpc) is 3.39. The van der Waals surface area contributed by atoms with Gasteiger partial charge in [-0.15, -0.1) is 0 Å². The van der Waals surface area contributed by atoms with Gasteiger partial charge in [0, 0.05) is 17.1 Å². The van der Waals surface area contributed by atoms with Crippen molar-refractivity contribution < 1.29 is 14.0 Å². The molecule has 0 bridgehead atoms. The molecule has 2 amide bonds. The summed E-state index contributed by atoms with van der Waals surface area (Å²) >= 11 is 1.21. The number of nitrogens with zero attached hydrogens (tertiary/aromatic N) is 1. The highest BCUT2D eigenvalue weighted by Gasteiger charge is 2.36. The number of thioether (sulfide) groups is 1. The lowest BCUT2D eigenvalue weighted by Crippen LogP contribution is -2.31. The van der Waals surface area contributed by atoms with Crippen molar-refractivity contribution in [3.05, 3.63) is 106 Å². The molecular formula is C28H26N4O3S. The van der Waals surface area contributed by atoms with Crippen LogP contribution in [0.15, 0.2) is 93.2 Å². The van der Waals surface area contributed by atoms with Crippen LogP contribution in [0.4, 0.5) is 11.4 Å². The number of carbonyl (C=O) groups is 2. The zero-order chi connectivity index (χ0) is 25.7. The third-order valence-corrected chi connectivity index (χ3v) is 6.90. The van der Waals surface area contributed by atoms with Crippen molar-refractivity contribution in [3.63, 3.8) is 0 Å². The Morgan fingerprint density at radius 2 is 1.61 bits per heavy atom. The Balaban J connectivity index is 1.60. The number of benzene rings is 2. The maximum absolute atomic E-state index is 13.5. The van der Waals surface area contributed by atoms with Crippen LogP contribution in [0.3, 0.4) is 0 Å². The summed E-state index contributed by atoms with van der Waals surface area (Å²) in [4.78, 5) is 26.1. The SMILES string of the molecule is CC1=C(C(=O)Nc2ccccc2C)[C@H](c2ccco2)C(C#N)=C(SCC(=O)Nc2ccccc2C)N1. The molecule has 1 atom stereocenters. The van der Waals surface area contributed by atoms with Gasteiger partial charge < -0.3 is 20.4 Å². The van der Waals surface area contributed by atoms with E-state index in [1.54, 1.807) is 19.1 Å². The third kappa shape index (κ3) is 5.37. The number of rotatable bonds is 7. The van der Waals surface area contributed by atoms with Crippen LogP contribution >= 0.6 is 11.8 Å². The van der Waals surface area contributed by atoms with Crippen molar-refractivity contribution in [1.82, 2.24) is 5.32 Å². The first-order valence-electron chi connectivity index (χ1n) is 11.4. The number of nitriles is 1. The first kappa shape index (κ1) is 24.9. The molecule has 1 aromatic heterocycles. The number of aryl methyl sites for hydroxylation is 2. The van der Waals surface area contributed by atoms with Gasteiger partial charge in [-0.25, -0.2) is 0 Å². The molecule has 0 unspecified atom stereocenters. The van der Waals surface area contributed by atoms with E-state index in [1.165, 1.54) is 18.0 Å². The second kappa shape index (κ2) is 11.0. The predicted octanol–water partition coefficient (Wildman–Crippen LogP) is 5.60. The van der Waals surface area contributed by atoms with Crippen LogP contribution < -0.4 is 16.0 Å². The van der Waals surface area contributed by atoms with Gasteiger partial charge in [0.2, 0.25) is 5.91 Å². The molecule has 0 aliphatic carbocycles. The van der Waals surface area contributed by atoms with E-state index in [9.17, 15) is 14.9 Å². The Morgan fingerprint density at radius 1 is 0.972 bits per heavy atom. The van der Waals surface area contributed by atoms with Crippen LogP contribution in [0, 0.1) is 25.2 Å². The Morgan fingerprint density at radius 3 is 2.19 bits per heavy atom. The van der Waals surface area contributed by atoms with Crippen molar-refractivity contribution >= 4 is 35.0 Å². The number of para-hydroxylation sites is 2. The topological polar surface area (TPSA) is 107 Å². The second-order valence-electron chi connectivity index (χ2n) is 8.39. The molecule has 3 N–H and O–H groups in total. The van der Waals surface area contributed by atoms with E-state index in [2.05, 4.69) is 22.0 Å². The fourth-order valence-corrected chi connectivity index (χ4v) is 4.90. The van der Waals surface area contributed by atoms with E-state index < -0.39 is 5.92 Å². The Kier molecular flexibility index (Phi) is 7.62. The number of amides is 2. The minimum absolute atomic E-state index is 0.0880. The van der Waals surface area contributed by atoms with Crippen LogP contribution in [-0.4, -0.2) is 17.6 Å². The molecule has 3 aromatic rings. The second-order valence-corrected chi connectivity index (χ2v) is 9.37. The molecule has 8 heteroatoms. The zero-order valence-corrected chi connectivity index (χ0v) is 21.0. The zero-order valence-electron chi connectivity index (χ0n) is 20.2. The lowest BCUT2D eigenvalue weighted by Gasteiger charge is -2.28. The van der Waals surface area contributed by atoms with Crippen molar-refractivity contribution in [3.8, 4) is 6.07 Å². The third-order valence-electron chi connectivity index (χ3n) is 5.88. The number of dihydropyridines is 1. The molecule has 4 rings (SSSR count). The van der Waals surface area contributed by atoms with Crippen molar-refractivity contribution in [2.24, 2.45) is 0 Å². The fraction of sp³-hybridized carbons (Fsp3) is 0.179. The van der Waals surface area contributed by atoms with Crippen LogP contribution in [0.1, 0.15) is 29.7 Å². The average molecular weight is 499 g/mol.